The van der Waals surface area contributed by atoms with Gasteiger partial charge in [0.25, 0.3) is 0 Å². The van der Waals surface area contributed by atoms with Gasteiger partial charge in [-0.05, 0) is 12.1 Å². The van der Waals surface area contributed by atoms with E-state index in [1.54, 1.807) is 0 Å². The van der Waals surface area contributed by atoms with E-state index in [0.717, 1.165) is 16.6 Å². The van der Waals surface area contributed by atoms with Gasteiger partial charge in [-0.1, -0.05) is 50.0 Å². The highest BCUT2D eigenvalue weighted by Crippen LogP contribution is 2.14. The normalized spacial score (nSPS) is 11.4. The van der Waals surface area contributed by atoms with Gasteiger partial charge in [0.2, 0.25) is 0 Å². The van der Waals surface area contributed by atoms with Crippen LogP contribution in [0.15, 0.2) is 42.5 Å². The molecule has 16 heavy (non-hydrogen) atoms. The fourth-order valence-corrected chi connectivity index (χ4v) is 2.43. The van der Waals surface area contributed by atoms with E-state index in [9.17, 15) is 0 Å². The first-order chi connectivity index (χ1) is 7.57. The van der Waals surface area contributed by atoms with Crippen LogP contribution in [0, 0.1) is 0 Å². The van der Waals surface area contributed by atoms with Gasteiger partial charge in [-0.25, -0.2) is 0 Å². The van der Waals surface area contributed by atoms with Crippen LogP contribution in [0.1, 0.15) is 0 Å². The molecule has 2 rings (SSSR count). The summed E-state index contributed by atoms with van der Waals surface area (Å²) in [5.74, 6) is 0. The van der Waals surface area contributed by atoms with Crippen molar-refractivity contribution >= 4 is 13.4 Å². The smallest absolute Gasteiger partial charge is 0.104 e. The molecule has 82 valence electrons. The fourth-order valence-electron chi connectivity index (χ4n) is 1.50. The molecular weight excluding hydrogens is 212 g/mol. The highest BCUT2D eigenvalue weighted by atomic mass is 28.3. The molecule has 1 heterocycles. The van der Waals surface area contributed by atoms with Gasteiger partial charge in [-0.2, -0.15) is 10.2 Å². The lowest BCUT2D eigenvalue weighted by Gasteiger charge is -2.14. The zero-order valence-electron chi connectivity index (χ0n) is 9.94. The second-order valence-electron chi connectivity index (χ2n) is 4.92. The van der Waals surface area contributed by atoms with Gasteiger partial charge in [0.1, 0.15) is 8.07 Å². The largest absolute Gasteiger partial charge is 0.160 e. The number of nitrogens with zero attached hydrogens (tertiary/aromatic N) is 2. The maximum absolute atomic E-state index is 4.34. The first-order valence-electron chi connectivity index (χ1n) is 5.47. The molecule has 0 aliphatic heterocycles. The molecule has 0 N–H and O–H groups in total. The number of benzene rings is 1. The summed E-state index contributed by atoms with van der Waals surface area (Å²) in [5, 5.41) is 9.80. The lowest BCUT2D eigenvalue weighted by atomic mass is 10.1. The molecule has 0 saturated heterocycles. The summed E-state index contributed by atoms with van der Waals surface area (Å²) in [7, 11) is -1.33. The summed E-state index contributed by atoms with van der Waals surface area (Å²) in [6.07, 6.45) is 0. The Balaban J connectivity index is 2.34. The predicted molar refractivity (Wildman–Crippen MR) is 70.4 cm³/mol. The quantitative estimate of drug-likeness (QED) is 0.739. The molecule has 2 nitrogen and oxygen atoms in total. The van der Waals surface area contributed by atoms with Crippen LogP contribution in [0.5, 0.6) is 0 Å². The third-order valence-corrected chi connectivity index (χ3v) is 4.31. The van der Waals surface area contributed by atoms with Crippen LogP contribution in [0.25, 0.3) is 11.3 Å². The van der Waals surface area contributed by atoms with Crippen molar-refractivity contribution in [2.24, 2.45) is 0 Å². The third kappa shape index (κ3) is 2.36. The van der Waals surface area contributed by atoms with Crippen LogP contribution >= 0.6 is 0 Å². The fraction of sp³-hybridized carbons (Fsp3) is 0.231. The van der Waals surface area contributed by atoms with E-state index in [1.807, 2.05) is 18.2 Å². The van der Waals surface area contributed by atoms with E-state index in [-0.39, 0.29) is 0 Å². The summed E-state index contributed by atoms with van der Waals surface area (Å²) < 4.78 is 0. The van der Waals surface area contributed by atoms with Crippen molar-refractivity contribution in [3.8, 4) is 11.3 Å². The van der Waals surface area contributed by atoms with Crippen LogP contribution < -0.4 is 5.32 Å². The molecule has 0 aliphatic carbocycles. The molecule has 0 spiro atoms. The average molecular weight is 228 g/mol. The SMILES string of the molecule is C[Si](C)(C)c1ccc(-c2ccccc2)nn1. The molecule has 0 bridgehead atoms. The Morgan fingerprint density at radius 3 is 2.00 bits per heavy atom. The highest BCUT2D eigenvalue weighted by Gasteiger charge is 2.18. The Bertz CT molecular complexity index is 458. The minimum Gasteiger partial charge on any atom is -0.160 e. The van der Waals surface area contributed by atoms with Crippen molar-refractivity contribution in [2.75, 3.05) is 0 Å². The predicted octanol–water partition coefficient (Wildman–Crippen LogP) is 2.69. The maximum Gasteiger partial charge on any atom is 0.104 e. The minimum atomic E-state index is -1.33. The molecule has 0 unspecified atom stereocenters. The number of aromatic nitrogens is 2. The van der Waals surface area contributed by atoms with Crippen molar-refractivity contribution in [1.29, 1.82) is 0 Å². The van der Waals surface area contributed by atoms with E-state index >= 15 is 0 Å². The van der Waals surface area contributed by atoms with Gasteiger partial charge in [0, 0.05) is 10.9 Å². The van der Waals surface area contributed by atoms with Crippen LogP contribution in [0.3, 0.4) is 0 Å². The van der Waals surface area contributed by atoms with Gasteiger partial charge in [-0.15, -0.1) is 0 Å². The summed E-state index contributed by atoms with van der Waals surface area (Å²) in [5.41, 5.74) is 2.07. The highest BCUT2D eigenvalue weighted by molar-refractivity contribution is 6.88. The van der Waals surface area contributed by atoms with Crippen molar-refractivity contribution in [3.63, 3.8) is 0 Å². The zero-order valence-corrected chi connectivity index (χ0v) is 10.9. The Labute approximate surface area is 97.4 Å². The molecule has 0 aliphatic rings. The number of hydrogen-bond donors (Lipinski definition) is 0. The molecule has 0 radical (unpaired) electrons. The standard InChI is InChI=1S/C13H16N2Si/c1-16(2,3)13-10-9-12(14-15-13)11-7-5-4-6-8-11/h4-10H,1-3H3. The second kappa shape index (κ2) is 4.18. The molecule has 0 atom stereocenters. The second-order valence-corrected chi connectivity index (χ2v) is 9.93. The van der Waals surface area contributed by atoms with Crippen molar-refractivity contribution in [1.82, 2.24) is 10.2 Å². The maximum atomic E-state index is 4.34. The van der Waals surface area contributed by atoms with Crippen LogP contribution in [0.2, 0.25) is 19.6 Å². The van der Waals surface area contributed by atoms with Gasteiger partial charge >= 0.3 is 0 Å². The van der Waals surface area contributed by atoms with E-state index in [1.165, 1.54) is 0 Å². The molecule has 0 fully saturated rings. The molecular formula is C13H16N2Si. The van der Waals surface area contributed by atoms with Crippen molar-refractivity contribution in [3.05, 3.63) is 42.5 Å². The number of hydrogen-bond acceptors (Lipinski definition) is 2. The van der Waals surface area contributed by atoms with E-state index < -0.39 is 8.07 Å². The van der Waals surface area contributed by atoms with Crippen LogP contribution in [-0.4, -0.2) is 18.3 Å². The molecule has 0 saturated carbocycles. The van der Waals surface area contributed by atoms with Crippen molar-refractivity contribution in [2.45, 2.75) is 19.6 Å². The third-order valence-electron chi connectivity index (χ3n) is 2.50. The topological polar surface area (TPSA) is 25.8 Å². The summed E-state index contributed by atoms with van der Waals surface area (Å²) in [4.78, 5) is 0. The Morgan fingerprint density at radius 1 is 0.812 bits per heavy atom. The lowest BCUT2D eigenvalue weighted by molar-refractivity contribution is 1.06. The van der Waals surface area contributed by atoms with Crippen LogP contribution in [-0.2, 0) is 0 Å². The minimum absolute atomic E-state index is 0.947. The van der Waals surface area contributed by atoms with Gasteiger partial charge in [-0.3, -0.25) is 0 Å². The van der Waals surface area contributed by atoms with Gasteiger partial charge < -0.3 is 0 Å². The monoisotopic (exact) mass is 228 g/mol. The van der Waals surface area contributed by atoms with Crippen LogP contribution in [0.4, 0.5) is 0 Å². The molecule has 0 amide bonds. The Hall–Kier alpha value is -1.48. The average Bonchev–Trinajstić information content (AvgIpc) is 2.29. The zero-order chi connectivity index (χ0) is 11.6. The number of rotatable bonds is 2. The molecule has 1 aromatic carbocycles. The Morgan fingerprint density at radius 2 is 1.50 bits per heavy atom. The van der Waals surface area contributed by atoms with E-state index in [2.05, 4.69) is 54.1 Å². The molecule has 1 aromatic heterocycles. The first kappa shape index (κ1) is 11.0. The lowest BCUT2D eigenvalue weighted by Crippen LogP contribution is -2.40. The van der Waals surface area contributed by atoms with E-state index in [4.69, 9.17) is 0 Å². The van der Waals surface area contributed by atoms with Crippen molar-refractivity contribution < 1.29 is 0 Å². The van der Waals surface area contributed by atoms with Gasteiger partial charge in [0.15, 0.2) is 0 Å². The summed E-state index contributed by atoms with van der Waals surface area (Å²) >= 11 is 0. The first-order valence-corrected chi connectivity index (χ1v) is 8.97. The summed E-state index contributed by atoms with van der Waals surface area (Å²) in [6, 6.07) is 14.3. The van der Waals surface area contributed by atoms with Gasteiger partial charge in [0.05, 0.1) is 5.69 Å². The summed E-state index contributed by atoms with van der Waals surface area (Å²) in [6.45, 7) is 6.83. The molecule has 2 aromatic rings. The Kier molecular flexibility index (Phi) is 2.88. The van der Waals surface area contributed by atoms with E-state index in [0.29, 0.717) is 0 Å². The molecule has 3 heteroatoms.